The summed E-state index contributed by atoms with van der Waals surface area (Å²) in [7, 11) is 0. The summed E-state index contributed by atoms with van der Waals surface area (Å²) < 4.78 is 0. The third kappa shape index (κ3) is 2.35. The molecule has 0 saturated heterocycles. The standard InChI is InChI=1S/C10H18O.C7H6O2/c1-9(2)7-4-5-10(9,3)8(11)6-7;8-7(9)6-4-2-1-3-5-6/h7-8,11H,4-6H2,1-3H3;1-5H,(H,8,9). The summed E-state index contributed by atoms with van der Waals surface area (Å²) in [6.07, 6.45) is 3.58. The van der Waals surface area contributed by atoms with Crippen molar-refractivity contribution in [3.8, 4) is 0 Å². The van der Waals surface area contributed by atoms with Crippen LogP contribution in [-0.4, -0.2) is 22.3 Å². The number of benzene rings is 1. The molecule has 2 aliphatic rings. The molecule has 2 saturated carbocycles. The molecule has 0 heterocycles. The van der Waals surface area contributed by atoms with E-state index in [0.717, 1.165) is 12.3 Å². The van der Waals surface area contributed by atoms with Crippen molar-refractivity contribution in [3.05, 3.63) is 35.9 Å². The monoisotopic (exact) mass is 276 g/mol. The maximum absolute atomic E-state index is 10.2. The molecule has 110 valence electrons. The van der Waals surface area contributed by atoms with Gasteiger partial charge in [-0.1, -0.05) is 39.0 Å². The third-order valence-corrected chi connectivity index (χ3v) is 5.77. The largest absolute Gasteiger partial charge is 0.478 e. The Bertz CT molecular complexity index is 480. The third-order valence-electron chi connectivity index (χ3n) is 5.77. The number of hydrogen-bond donors (Lipinski definition) is 2. The summed E-state index contributed by atoms with van der Waals surface area (Å²) in [5.41, 5.74) is 0.932. The lowest BCUT2D eigenvalue weighted by molar-refractivity contribution is 0.0126. The highest BCUT2D eigenvalue weighted by molar-refractivity contribution is 5.87. The van der Waals surface area contributed by atoms with E-state index < -0.39 is 5.97 Å². The fourth-order valence-electron chi connectivity index (χ4n) is 3.74. The van der Waals surface area contributed by atoms with Crippen LogP contribution in [0.15, 0.2) is 30.3 Å². The van der Waals surface area contributed by atoms with Gasteiger partial charge in [-0.05, 0) is 48.1 Å². The fraction of sp³-hybridized carbons (Fsp3) is 0.588. The normalized spacial score (nSPS) is 33.4. The van der Waals surface area contributed by atoms with E-state index in [4.69, 9.17) is 5.11 Å². The van der Waals surface area contributed by atoms with Crippen LogP contribution in [0.3, 0.4) is 0 Å². The molecule has 1 aromatic carbocycles. The number of carbonyl (C=O) groups is 1. The molecule has 3 unspecified atom stereocenters. The number of fused-ring (bicyclic) bond motifs is 2. The Balaban J connectivity index is 0.000000151. The van der Waals surface area contributed by atoms with Gasteiger partial charge in [0.1, 0.15) is 0 Å². The second kappa shape index (κ2) is 5.21. The molecule has 2 N–H and O–H groups in total. The molecule has 0 aromatic heterocycles. The van der Waals surface area contributed by atoms with Gasteiger partial charge in [-0.15, -0.1) is 0 Å². The number of aliphatic hydroxyl groups excluding tert-OH is 1. The molecule has 20 heavy (non-hydrogen) atoms. The van der Waals surface area contributed by atoms with Crippen molar-refractivity contribution in [2.45, 2.75) is 46.1 Å². The highest BCUT2D eigenvalue weighted by Gasteiger charge is 2.60. The maximum Gasteiger partial charge on any atom is 0.335 e. The van der Waals surface area contributed by atoms with E-state index >= 15 is 0 Å². The first-order valence-corrected chi connectivity index (χ1v) is 7.25. The van der Waals surface area contributed by atoms with Crippen LogP contribution in [-0.2, 0) is 0 Å². The Morgan fingerprint density at radius 1 is 1.20 bits per heavy atom. The van der Waals surface area contributed by atoms with Gasteiger partial charge >= 0.3 is 5.97 Å². The maximum atomic E-state index is 10.2. The van der Waals surface area contributed by atoms with Crippen LogP contribution in [0.25, 0.3) is 0 Å². The van der Waals surface area contributed by atoms with Crippen molar-refractivity contribution in [1.29, 1.82) is 0 Å². The lowest BCUT2D eigenvalue weighted by Gasteiger charge is -2.36. The van der Waals surface area contributed by atoms with E-state index in [0.29, 0.717) is 11.0 Å². The minimum atomic E-state index is -0.879. The predicted octanol–water partition coefficient (Wildman–Crippen LogP) is 3.58. The number of aromatic carboxylic acids is 1. The van der Waals surface area contributed by atoms with Gasteiger partial charge in [0.15, 0.2) is 0 Å². The van der Waals surface area contributed by atoms with Gasteiger partial charge in [0, 0.05) is 0 Å². The predicted molar refractivity (Wildman–Crippen MR) is 78.6 cm³/mol. The topological polar surface area (TPSA) is 57.5 Å². The van der Waals surface area contributed by atoms with Crippen molar-refractivity contribution in [2.75, 3.05) is 0 Å². The van der Waals surface area contributed by atoms with E-state index in [9.17, 15) is 9.90 Å². The Kier molecular flexibility index (Phi) is 3.92. The molecule has 3 heteroatoms. The smallest absolute Gasteiger partial charge is 0.335 e. The van der Waals surface area contributed by atoms with Crippen LogP contribution in [0.4, 0.5) is 0 Å². The zero-order valence-corrected chi connectivity index (χ0v) is 12.5. The van der Waals surface area contributed by atoms with E-state index in [1.54, 1.807) is 30.3 Å². The Hall–Kier alpha value is -1.35. The summed E-state index contributed by atoms with van der Waals surface area (Å²) in [4.78, 5) is 10.2. The van der Waals surface area contributed by atoms with E-state index in [1.807, 2.05) is 0 Å². The van der Waals surface area contributed by atoms with Gasteiger partial charge in [-0.2, -0.15) is 0 Å². The zero-order chi connectivity index (χ0) is 15.0. The number of aliphatic hydroxyl groups is 1. The van der Waals surface area contributed by atoms with Crippen molar-refractivity contribution in [2.24, 2.45) is 16.7 Å². The van der Waals surface area contributed by atoms with Crippen molar-refractivity contribution >= 4 is 5.97 Å². The van der Waals surface area contributed by atoms with Gasteiger partial charge in [-0.25, -0.2) is 4.79 Å². The summed E-state index contributed by atoms with van der Waals surface area (Å²) in [6, 6.07) is 8.30. The minimum Gasteiger partial charge on any atom is -0.478 e. The molecule has 0 aliphatic heterocycles. The summed E-state index contributed by atoms with van der Waals surface area (Å²) in [5.74, 6) is -0.0990. The van der Waals surface area contributed by atoms with Gasteiger partial charge in [0.2, 0.25) is 0 Å². The average molecular weight is 276 g/mol. The molecule has 0 radical (unpaired) electrons. The van der Waals surface area contributed by atoms with Crippen LogP contribution >= 0.6 is 0 Å². The molecule has 1 aromatic rings. The first-order valence-electron chi connectivity index (χ1n) is 7.25. The lowest BCUT2D eigenvalue weighted by Crippen LogP contribution is -2.35. The summed E-state index contributed by atoms with van der Waals surface area (Å²) in [6.45, 7) is 6.90. The number of carboxylic acid groups (broad SMARTS) is 1. The highest BCUT2D eigenvalue weighted by Crippen LogP contribution is 2.65. The first-order chi connectivity index (χ1) is 9.29. The van der Waals surface area contributed by atoms with Crippen molar-refractivity contribution in [1.82, 2.24) is 0 Å². The molecular weight excluding hydrogens is 252 g/mol. The van der Waals surface area contributed by atoms with Gasteiger partial charge in [-0.3, -0.25) is 0 Å². The van der Waals surface area contributed by atoms with Gasteiger partial charge in [0.05, 0.1) is 11.7 Å². The van der Waals surface area contributed by atoms with Crippen LogP contribution in [0, 0.1) is 16.7 Å². The minimum absolute atomic E-state index is 0.0313. The van der Waals surface area contributed by atoms with Gasteiger partial charge < -0.3 is 10.2 Å². The first kappa shape index (κ1) is 15.0. The molecule has 0 amide bonds. The number of carboxylic acids is 1. The average Bonchev–Trinajstić information content (AvgIpc) is 2.73. The van der Waals surface area contributed by atoms with Crippen LogP contribution in [0.1, 0.15) is 50.4 Å². The van der Waals surface area contributed by atoms with Crippen LogP contribution in [0.5, 0.6) is 0 Å². The zero-order valence-electron chi connectivity index (χ0n) is 12.5. The summed E-state index contributed by atoms with van der Waals surface area (Å²) >= 11 is 0. The molecule has 0 spiro atoms. The van der Waals surface area contributed by atoms with Crippen molar-refractivity contribution in [3.63, 3.8) is 0 Å². The Labute approximate surface area is 120 Å². The molecular formula is C17H24O3. The Morgan fingerprint density at radius 2 is 1.80 bits per heavy atom. The molecule has 2 bridgehead atoms. The molecule has 3 nitrogen and oxygen atoms in total. The number of hydrogen-bond acceptors (Lipinski definition) is 2. The summed E-state index contributed by atoms with van der Waals surface area (Å²) in [5, 5.41) is 18.2. The SMILES string of the molecule is CC1(C)C2CCC1(C)C(O)C2.O=C(O)c1ccccc1. The van der Waals surface area contributed by atoms with E-state index in [2.05, 4.69) is 20.8 Å². The molecule has 2 aliphatic carbocycles. The number of rotatable bonds is 1. The second-order valence-corrected chi connectivity index (χ2v) is 6.80. The van der Waals surface area contributed by atoms with Crippen molar-refractivity contribution < 1.29 is 15.0 Å². The van der Waals surface area contributed by atoms with Gasteiger partial charge in [0.25, 0.3) is 0 Å². The van der Waals surface area contributed by atoms with Crippen LogP contribution < -0.4 is 0 Å². The second-order valence-electron chi connectivity index (χ2n) is 6.80. The van der Waals surface area contributed by atoms with Crippen LogP contribution in [0.2, 0.25) is 0 Å². The molecule has 3 rings (SSSR count). The van der Waals surface area contributed by atoms with E-state index in [1.165, 1.54) is 12.8 Å². The molecule has 3 atom stereocenters. The molecule has 2 fully saturated rings. The quantitative estimate of drug-likeness (QED) is 0.824. The lowest BCUT2D eigenvalue weighted by atomic mass is 9.70. The fourth-order valence-corrected chi connectivity index (χ4v) is 3.74. The Morgan fingerprint density at radius 3 is 2.05 bits per heavy atom. The highest BCUT2D eigenvalue weighted by atomic mass is 16.4. The van der Waals surface area contributed by atoms with E-state index in [-0.39, 0.29) is 11.5 Å².